The van der Waals surface area contributed by atoms with Gasteiger partial charge in [-0.05, 0) is 31.2 Å². The van der Waals surface area contributed by atoms with Crippen LogP contribution >= 0.6 is 11.6 Å². The fraction of sp³-hybridized carbons (Fsp3) is 0.214. The molecule has 0 fully saturated rings. The molecule has 1 unspecified atom stereocenters. The number of benzene rings is 1. The number of carboxylic acids is 1. The Labute approximate surface area is 116 Å². The number of hydrogen-bond acceptors (Lipinski definition) is 3. The van der Waals surface area contributed by atoms with Crippen LogP contribution in [0.3, 0.4) is 0 Å². The summed E-state index contributed by atoms with van der Waals surface area (Å²) in [5, 5.41) is 12.5. The molecule has 1 heterocycles. The molecule has 0 aliphatic heterocycles. The average molecular weight is 280 g/mol. The molecule has 1 aromatic heterocycles. The Morgan fingerprint density at radius 2 is 2.21 bits per heavy atom. The second-order valence-electron chi connectivity index (χ2n) is 4.30. The van der Waals surface area contributed by atoms with Crippen molar-refractivity contribution in [2.45, 2.75) is 19.4 Å². The number of carbonyl (C=O) groups is 1. The summed E-state index contributed by atoms with van der Waals surface area (Å²) in [5.74, 6) is -0.197. The predicted octanol–water partition coefficient (Wildman–Crippen LogP) is 3.67. The highest BCUT2D eigenvalue weighted by Crippen LogP contribution is 2.25. The van der Waals surface area contributed by atoms with Crippen molar-refractivity contribution in [3.8, 4) is 0 Å². The maximum absolute atomic E-state index is 11.2. The smallest absolute Gasteiger partial charge is 0.339 e. The number of nitrogens with one attached hydrogen (secondary N) is 1. The number of anilines is 1. The molecule has 0 amide bonds. The quantitative estimate of drug-likeness (QED) is 0.876. The summed E-state index contributed by atoms with van der Waals surface area (Å²) in [6.45, 7) is 1.95. The van der Waals surface area contributed by atoms with E-state index in [1.54, 1.807) is 24.5 Å². The fourth-order valence-corrected chi connectivity index (χ4v) is 2.16. The molecule has 0 spiro atoms. The Balaban J connectivity index is 2.14. The third-order valence-electron chi connectivity index (χ3n) is 2.72. The molecule has 4 nitrogen and oxygen atoms in total. The molecule has 5 heteroatoms. The lowest BCUT2D eigenvalue weighted by molar-refractivity contribution is 0.0698. The standard InChI is InChI=1S/C14H14ClNO3/c1-9(8-10-4-3-7-19-10)16-12-6-2-5-11(15)13(12)14(17)18/h2-7,9,16H,8H2,1H3,(H,17,18). The van der Waals surface area contributed by atoms with Gasteiger partial charge in [0.1, 0.15) is 11.3 Å². The van der Waals surface area contributed by atoms with Crippen molar-refractivity contribution in [3.63, 3.8) is 0 Å². The predicted molar refractivity (Wildman–Crippen MR) is 73.9 cm³/mol. The van der Waals surface area contributed by atoms with E-state index in [4.69, 9.17) is 16.0 Å². The molecule has 19 heavy (non-hydrogen) atoms. The van der Waals surface area contributed by atoms with E-state index in [-0.39, 0.29) is 16.6 Å². The monoisotopic (exact) mass is 279 g/mol. The highest BCUT2D eigenvalue weighted by Gasteiger charge is 2.16. The second kappa shape index (κ2) is 5.80. The Hall–Kier alpha value is -1.94. The number of carboxylic acid groups (broad SMARTS) is 1. The molecule has 1 atom stereocenters. The third kappa shape index (κ3) is 3.29. The number of furan rings is 1. The maximum Gasteiger partial charge on any atom is 0.339 e. The van der Waals surface area contributed by atoms with E-state index in [0.29, 0.717) is 12.1 Å². The van der Waals surface area contributed by atoms with Gasteiger partial charge in [-0.3, -0.25) is 0 Å². The van der Waals surface area contributed by atoms with E-state index < -0.39 is 5.97 Å². The summed E-state index contributed by atoms with van der Waals surface area (Å²) < 4.78 is 5.26. The first kappa shape index (κ1) is 13.5. The lowest BCUT2D eigenvalue weighted by Crippen LogP contribution is -2.19. The van der Waals surface area contributed by atoms with Crippen LogP contribution in [0.4, 0.5) is 5.69 Å². The Bertz CT molecular complexity index is 566. The van der Waals surface area contributed by atoms with Gasteiger partial charge >= 0.3 is 5.97 Å². The van der Waals surface area contributed by atoms with E-state index in [9.17, 15) is 9.90 Å². The fourth-order valence-electron chi connectivity index (χ4n) is 1.91. The summed E-state index contributed by atoms with van der Waals surface area (Å²) in [4.78, 5) is 11.2. The van der Waals surface area contributed by atoms with Crippen LogP contribution in [0, 0.1) is 0 Å². The van der Waals surface area contributed by atoms with Crippen molar-refractivity contribution in [1.82, 2.24) is 0 Å². The molecule has 2 aromatic rings. The van der Waals surface area contributed by atoms with Crippen LogP contribution in [0.25, 0.3) is 0 Å². The van der Waals surface area contributed by atoms with Crippen molar-refractivity contribution in [3.05, 3.63) is 52.9 Å². The minimum Gasteiger partial charge on any atom is -0.478 e. The van der Waals surface area contributed by atoms with Crippen molar-refractivity contribution >= 4 is 23.3 Å². The summed E-state index contributed by atoms with van der Waals surface area (Å²) in [5.41, 5.74) is 0.606. The molecular weight excluding hydrogens is 266 g/mol. The molecule has 0 saturated heterocycles. The van der Waals surface area contributed by atoms with Gasteiger partial charge in [0.25, 0.3) is 0 Å². The number of hydrogen-bond donors (Lipinski definition) is 2. The SMILES string of the molecule is CC(Cc1ccco1)Nc1cccc(Cl)c1C(=O)O. The summed E-state index contributed by atoms with van der Waals surface area (Å²) in [6, 6.07) is 8.72. The van der Waals surface area contributed by atoms with Crippen LogP contribution in [0.2, 0.25) is 5.02 Å². The maximum atomic E-state index is 11.2. The Morgan fingerprint density at radius 1 is 1.42 bits per heavy atom. The van der Waals surface area contributed by atoms with Gasteiger partial charge in [0.2, 0.25) is 0 Å². The first-order chi connectivity index (χ1) is 9.08. The van der Waals surface area contributed by atoms with Gasteiger partial charge in [0.15, 0.2) is 0 Å². The molecule has 0 aliphatic rings. The molecule has 0 aliphatic carbocycles. The van der Waals surface area contributed by atoms with Crippen LogP contribution in [0.5, 0.6) is 0 Å². The number of rotatable bonds is 5. The van der Waals surface area contributed by atoms with Crippen molar-refractivity contribution < 1.29 is 14.3 Å². The zero-order chi connectivity index (χ0) is 13.8. The molecule has 100 valence electrons. The van der Waals surface area contributed by atoms with Crippen LogP contribution in [-0.2, 0) is 6.42 Å². The highest BCUT2D eigenvalue weighted by molar-refractivity contribution is 6.34. The highest BCUT2D eigenvalue weighted by atomic mass is 35.5. The van der Waals surface area contributed by atoms with E-state index in [0.717, 1.165) is 5.76 Å². The lowest BCUT2D eigenvalue weighted by Gasteiger charge is -2.16. The van der Waals surface area contributed by atoms with Crippen molar-refractivity contribution in [2.24, 2.45) is 0 Å². The largest absolute Gasteiger partial charge is 0.478 e. The lowest BCUT2D eigenvalue weighted by atomic mass is 10.1. The molecule has 0 bridgehead atoms. The van der Waals surface area contributed by atoms with Crippen LogP contribution in [0.1, 0.15) is 23.0 Å². The molecular formula is C14H14ClNO3. The average Bonchev–Trinajstić information content (AvgIpc) is 2.81. The Morgan fingerprint density at radius 3 is 2.84 bits per heavy atom. The normalized spacial score (nSPS) is 12.1. The van der Waals surface area contributed by atoms with Gasteiger partial charge in [0.05, 0.1) is 17.0 Å². The van der Waals surface area contributed by atoms with E-state index in [1.807, 2.05) is 19.1 Å². The van der Waals surface area contributed by atoms with Crippen LogP contribution in [0.15, 0.2) is 41.0 Å². The molecule has 2 rings (SSSR count). The molecule has 0 radical (unpaired) electrons. The summed E-state index contributed by atoms with van der Waals surface area (Å²) >= 11 is 5.91. The number of aromatic carboxylic acids is 1. The van der Waals surface area contributed by atoms with Crippen LogP contribution in [-0.4, -0.2) is 17.1 Å². The first-order valence-corrected chi connectivity index (χ1v) is 6.26. The molecule has 2 N–H and O–H groups in total. The molecule has 1 aromatic carbocycles. The summed E-state index contributed by atoms with van der Waals surface area (Å²) in [7, 11) is 0. The van der Waals surface area contributed by atoms with E-state index in [2.05, 4.69) is 5.32 Å². The van der Waals surface area contributed by atoms with Gasteiger partial charge in [-0.1, -0.05) is 17.7 Å². The van der Waals surface area contributed by atoms with E-state index >= 15 is 0 Å². The topological polar surface area (TPSA) is 62.5 Å². The third-order valence-corrected chi connectivity index (χ3v) is 3.03. The van der Waals surface area contributed by atoms with Crippen molar-refractivity contribution in [1.29, 1.82) is 0 Å². The van der Waals surface area contributed by atoms with Gasteiger partial charge in [-0.15, -0.1) is 0 Å². The first-order valence-electron chi connectivity index (χ1n) is 5.88. The van der Waals surface area contributed by atoms with Gasteiger partial charge in [-0.2, -0.15) is 0 Å². The van der Waals surface area contributed by atoms with Gasteiger partial charge < -0.3 is 14.8 Å². The zero-order valence-electron chi connectivity index (χ0n) is 10.4. The minimum atomic E-state index is -1.04. The van der Waals surface area contributed by atoms with Crippen molar-refractivity contribution in [2.75, 3.05) is 5.32 Å². The van der Waals surface area contributed by atoms with Gasteiger partial charge in [-0.25, -0.2) is 4.79 Å². The molecule has 0 saturated carbocycles. The summed E-state index contributed by atoms with van der Waals surface area (Å²) in [6.07, 6.45) is 2.28. The Kier molecular flexibility index (Phi) is 4.12. The zero-order valence-corrected chi connectivity index (χ0v) is 11.1. The second-order valence-corrected chi connectivity index (χ2v) is 4.70. The minimum absolute atomic E-state index is 0.0303. The van der Waals surface area contributed by atoms with Crippen LogP contribution < -0.4 is 5.32 Å². The van der Waals surface area contributed by atoms with E-state index in [1.165, 1.54) is 0 Å². The van der Waals surface area contributed by atoms with Gasteiger partial charge in [0, 0.05) is 12.5 Å². The number of halogens is 1.